The van der Waals surface area contributed by atoms with Crippen molar-refractivity contribution in [1.29, 1.82) is 0 Å². The summed E-state index contributed by atoms with van der Waals surface area (Å²) in [7, 11) is 0. The Bertz CT molecular complexity index is 1110. The largest absolute Gasteiger partial charge is 0.481 e. The van der Waals surface area contributed by atoms with Crippen LogP contribution in [0.2, 0.25) is 0 Å². The third kappa shape index (κ3) is 4.34. The molecule has 0 saturated heterocycles. The van der Waals surface area contributed by atoms with E-state index in [2.05, 4.69) is 48.1 Å². The van der Waals surface area contributed by atoms with Crippen LogP contribution in [0.5, 0.6) is 0 Å². The van der Waals surface area contributed by atoms with E-state index in [1.807, 2.05) is 0 Å². The van der Waals surface area contributed by atoms with E-state index in [0.29, 0.717) is 30.1 Å². The summed E-state index contributed by atoms with van der Waals surface area (Å²) in [4.78, 5) is 36.4. The van der Waals surface area contributed by atoms with Gasteiger partial charge in [0, 0.05) is 18.3 Å². The monoisotopic (exact) mass is 570 g/mol. The van der Waals surface area contributed by atoms with E-state index in [1.54, 1.807) is 0 Å². The maximum atomic E-state index is 12.9. The maximum absolute atomic E-state index is 12.9. The van der Waals surface area contributed by atoms with Crippen molar-refractivity contribution < 1.29 is 29.3 Å². The van der Waals surface area contributed by atoms with Gasteiger partial charge in [0.15, 0.2) is 0 Å². The number of aliphatic carboxylic acids is 2. The molecule has 5 aliphatic carbocycles. The Morgan fingerprint density at radius 3 is 2.15 bits per heavy atom. The summed E-state index contributed by atoms with van der Waals surface area (Å²) in [5.74, 6) is 0.181. The van der Waals surface area contributed by atoms with Crippen LogP contribution in [0, 0.1) is 56.7 Å². The Hall–Kier alpha value is -1.85. The van der Waals surface area contributed by atoms with Crippen LogP contribution in [0.4, 0.5) is 0 Å². The third-order valence-corrected chi connectivity index (χ3v) is 14.5. The molecule has 0 aromatic heterocycles. The zero-order valence-electron chi connectivity index (χ0n) is 26.4. The Balaban J connectivity index is 1.40. The molecule has 5 rings (SSSR count). The first kappa shape index (κ1) is 30.6. The summed E-state index contributed by atoms with van der Waals surface area (Å²) in [5, 5.41) is 19.5. The Morgan fingerprint density at radius 2 is 1.51 bits per heavy atom. The van der Waals surface area contributed by atoms with Gasteiger partial charge in [-0.3, -0.25) is 14.4 Å². The highest BCUT2D eigenvalue weighted by Gasteiger charge is 2.72. The predicted molar refractivity (Wildman–Crippen MR) is 158 cm³/mol. The molecule has 0 aromatic carbocycles. The zero-order valence-corrected chi connectivity index (χ0v) is 26.4. The fourth-order valence-electron chi connectivity index (χ4n) is 12.3. The molecule has 0 heterocycles. The zero-order chi connectivity index (χ0) is 30.2. The summed E-state index contributed by atoms with van der Waals surface area (Å²) < 4.78 is 6.07. The molecular formula is C35H54O6. The highest BCUT2D eigenvalue weighted by molar-refractivity contribution is 5.76. The van der Waals surface area contributed by atoms with Gasteiger partial charge in [-0.25, -0.2) is 0 Å². The summed E-state index contributed by atoms with van der Waals surface area (Å²) in [6.07, 6.45) is 10.2. The number of hydrogen-bond acceptors (Lipinski definition) is 4. The van der Waals surface area contributed by atoms with E-state index < -0.39 is 17.4 Å². The first-order valence-electron chi connectivity index (χ1n) is 16.3. The standard InChI is InChI=1S/C35H54O6/c1-21(2)22-13-18-35(30(39)40)20-19-33(6)23(29(22)35)11-12-25-32(5)16-15-26(41-28(38)10-8-9-27(36)37)31(3,4)24(32)14-17-34(25,33)7/h22-26,29H,1,8-20H2,2-7H3,(H,36,37)(H,39,40)/t22-,23+,24-,25+,26-,29+,32-,33+,34+,35-/m0/s1. The van der Waals surface area contributed by atoms with Crippen molar-refractivity contribution in [2.75, 3.05) is 0 Å². The lowest BCUT2D eigenvalue weighted by Gasteiger charge is -2.72. The van der Waals surface area contributed by atoms with Crippen LogP contribution in [0.15, 0.2) is 12.2 Å². The number of fused-ring (bicyclic) bond motifs is 7. The highest BCUT2D eigenvalue weighted by Crippen LogP contribution is 2.77. The quantitative estimate of drug-likeness (QED) is 0.238. The second-order valence-electron chi connectivity index (χ2n) is 16.2. The fraction of sp³-hybridized carbons (Fsp3) is 0.857. The van der Waals surface area contributed by atoms with Gasteiger partial charge in [0.05, 0.1) is 5.41 Å². The van der Waals surface area contributed by atoms with Gasteiger partial charge >= 0.3 is 17.9 Å². The molecule has 0 spiro atoms. The minimum Gasteiger partial charge on any atom is -0.481 e. The average Bonchev–Trinajstić information content (AvgIpc) is 3.27. The molecule has 0 amide bonds. The fourth-order valence-corrected chi connectivity index (χ4v) is 12.3. The Kier molecular flexibility index (Phi) is 7.55. The molecule has 0 radical (unpaired) electrons. The van der Waals surface area contributed by atoms with E-state index in [4.69, 9.17) is 9.84 Å². The molecule has 10 atom stereocenters. The van der Waals surface area contributed by atoms with Gasteiger partial charge in [-0.1, -0.05) is 46.8 Å². The summed E-state index contributed by atoms with van der Waals surface area (Å²) in [6, 6.07) is 0. The normalized spacial score (nSPS) is 46.3. The predicted octanol–water partition coefficient (Wildman–Crippen LogP) is 7.90. The molecule has 230 valence electrons. The average molecular weight is 571 g/mol. The van der Waals surface area contributed by atoms with Gasteiger partial charge in [0.1, 0.15) is 6.10 Å². The molecule has 5 saturated carbocycles. The van der Waals surface area contributed by atoms with E-state index in [9.17, 15) is 19.5 Å². The lowest BCUT2D eigenvalue weighted by Crippen LogP contribution is -2.67. The number of rotatable bonds is 7. The van der Waals surface area contributed by atoms with Crippen LogP contribution in [0.1, 0.15) is 125 Å². The Labute approximate surface area is 247 Å². The minimum atomic E-state index is -0.880. The van der Waals surface area contributed by atoms with E-state index in [-0.39, 0.29) is 52.5 Å². The molecule has 41 heavy (non-hydrogen) atoms. The number of allylic oxidation sites excluding steroid dienone is 1. The first-order chi connectivity index (χ1) is 19.0. The van der Waals surface area contributed by atoms with Crippen molar-refractivity contribution in [1.82, 2.24) is 0 Å². The molecule has 0 aromatic rings. The van der Waals surface area contributed by atoms with Gasteiger partial charge in [-0.15, -0.1) is 0 Å². The molecular weight excluding hydrogens is 516 g/mol. The van der Waals surface area contributed by atoms with Gasteiger partial charge in [-0.05, 0) is 123 Å². The first-order valence-corrected chi connectivity index (χ1v) is 16.3. The minimum absolute atomic E-state index is 0.00850. The number of carboxylic acid groups (broad SMARTS) is 2. The molecule has 6 nitrogen and oxygen atoms in total. The number of hydrogen-bond donors (Lipinski definition) is 2. The van der Waals surface area contributed by atoms with Crippen molar-refractivity contribution in [3.05, 3.63) is 12.2 Å². The molecule has 0 aliphatic heterocycles. The van der Waals surface area contributed by atoms with Crippen LogP contribution in [0.3, 0.4) is 0 Å². The van der Waals surface area contributed by atoms with E-state index in [1.165, 1.54) is 5.57 Å². The van der Waals surface area contributed by atoms with Gasteiger partial charge < -0.3 is 14.9 Å². The lowest BCUT2D eigenvalue weighted by atomic mass is 9.32. The van der Waals surface area contributed by atoms with Gasteiger partial charge in [-0.2, -0.15) is 0 Å². The van der Waals surface area contributed by atoms with Crippen LogP contribution >= 0.6 is 0 Å². The van der Waals surface area contributed by atoms with Crippen LogP contribution in [-0.2, 0) is 19.1 Å². The summed E-state index contributed by atoms with van der Waals surface area (Å²) in [5.41, 5.74) is 0.806. The number of carboxylic acids is 2. The molecule has 0 bridgehead atoms. The number of carbonyl (C=O) groups excluding carboxylic acids is 1. The van der Waals surface area contributed by atoms with Gasteiger partial charge in [0.25, 0.3) is 0 Å². The maximum Gasteiger partial charge on any atom is 0.309 e. The third-order valence-electron chi connectivity index (χ3n) is 14.5. The molecule has 5 fully saturated rings. The van der Waals surface area contributed by atoms with Crippen LogP contribution in [-0.4, -0.2) is 34.2 Å². The number of ether oxygens (including phenoxy) is 1. The van der Waals surface area contributed by atoms with Crippen LogP contribution in [0.25, 0.3) is 0 Å². The SMILES string of the molecule is C=C(C)[C@@H]1CC[C@]2(C(=O)O)CC[C@]3(C)[C@H](CC[C@@H]4[C@@]5(C)CC[C@H](OC(=O)CCCC(=O)O)C(C)(C)[C@@H]5CC[C@]43C)[C@@H]12. The molecule has 2 N–H and O–H groups in total. The smallest absolute Gasteiger partial charge is 0.309 e. The van der Waals surface area contributed by atoms with Crippen molar-refractivity contribution in [3.63, 3.8) is 0 Å². The second-order valence-corrected chi connectivity index (χ2v) is 16.2. The van der Waals surface area contributed by atoms with E-state index in [0.717, 1.165) is 64.2 Å². The van der Waals surface area contributed by atoms with E-state index >= 15 is 0 Å². The van der Waals surface area contributed by atoms with Crippen LogP contribution < -0.4 is 0 Å². The van der Waals surface area contributed by atoms with Crippen molar-refractivity contribution in [2.45, 2.75) is 131 Å². The summed E-state index contributed by atoms with van der Waals surface area (Å²) >= 11 is 0. The highest BCUT2D eigenvalue weighted by atomic mass is 16.5. The molecule has 5 aliphatic rings. The molecule has 0 unspecified atom stereocenters. The summed E-state index contributed by atoms with van der Waals surface area (Å²) in [6.45, 7) is 18.7. The van der Waals surface area contributed by atoms with Crippen molar-refractivity contribution >= 4 is 17.9 Å². The topological polar surface area (TPSA) is 101 Å². The van der Waals surface area contributed by atoms with Gasteiger partial charge in [0.2, 0.25) is 0 Å². The van der Waals surface area contributed by atoms with Crippen molar-refractivity contribution in [3.8, 4) is 0 Å². The molecule has 6 heteroatoms. The second kappa shape index (κ2) is 10.1. The number of esters is 1. The number of carbonyl (C=O) groups is 3. The van der Waals surface area contributed by atoms with Crippen molar-refractivity contribution in [2.24, 2.45) is 56.7 Å². The lowest BCUT2D eigenvalue weighted by molar-refractivity contribution is -0.250. The Morgan fingerprint density at radius 1 is 0.805 bits per heavy atom.